The number of fused-ring (bicyclic) bond motifs is 1. The van der Waals surface area contributed by atoms with Crippen molar-refractivity contribution >= 4 is 56.6 Å². The summed E-state index contributed by atoms with van der Waals surface area (Å²) >= 11 is 13.4. The average molecular weight is 555 g/mol. The van der Waals surface area contributed by atoms with Gasteiger partial charge in [-0.05, 0) is 48.5 Å². The summed E-state index contributed by atoms with van der Waals surface area (Å²) in [6.07, 6.45) is -1.04. The number of ether oxygens (including phenoxy) is 1. The minimum atomic E-state index is -3.96. The van der Waals surface area contributed by atoms with E-state index >= 15 is 0 Å². The predicted molar refractivity (Wildman–Crippen MR) is 137 cm³/mol. The first kappa shape index (κ1) is 25.6. The summed E-state index contributed by atoms with van der Waals surface area (Å²) in [6.45, 7) is 0.104. The lowest BCUT2D eigenvalue weighted by Crippen LogP contribution is -2.51. The van der Waals surface area contributed by atoms with E-state index < -0.39 is 22.0 Å². The number of thioether (sulfide) groups is 1. The second-order valence-electron chi connectivity index (χ2n) is 7.61. The molecule has 3 aromatic rings. The van der Waals surface area contributed by atoms with Crippen LogP contribution >= 0.6 is 35.0 Å². The van der Waals surface area contributed by atoms with Gasteiger partial charge in [0.15, 0.2) is 6.10 Å². The molecule has 1 heterocycles. The second kappa shape index (κ2) is 11.1. The standard InChI is InChI=1S/C24H21Cl2FN2O4S2/c25-16-8-10-17(11-9-16)35(31,32)29-14-23(33-22-7-2-1-6-21(22)29)24(30)28-12-13-34-15-18-19(26)4-3-5-20(18)27/h1-11,23H,12-15H2,(H,28,30). The van der Waals surface area contributed by atoms with Crippen LogP contribution in [0.2, 0.25) is 10.0 Å². The molecule has 0 fully saturated rings. The molecule has 6 nitrogen and oxygen atoms in total. The van der Waals surface area contributed by atoms with E-state index in [-0.39, 0.29) is 17.3 Å². The Balaban J connectivity index is 1.41. The monoisotopic (exact) mass is 554 g/mol. The van der Waals surface area contributed by atoms with Crippen molar-refractivity contribution in [2.45, 2.75) is 16.8 Å². The molecule has 184 valence electrons. The molecule has 0 saturated carbocycles. The maximum atomic E-state index is 13.9. The van der Waals surface area contributed by atoms with Crippen LogP contribution < -0.4 is 14.4 Å². The fraction of sp³-hybridized carbons (Fsp3) is 0.208. The van der Waals surface area contributed by atoms with Gasteiger partial charge in [0.2, 0.25) is 0 Å². The number of nitrogens with one attached hydrogen (secondary N) is 1. The molecule has 1 aliphatic heterocycles. The summed E-state index contributed by atoms with van der Waals surface area (Å²) in [5.74, 6) is 0.347. The summed E-state index contributed by atoms with van der Waals surface area (Å²) in [7, 11) is -3.96. The zero-order valence-electron chi connectivity index (χ0n) is 18.3. The van der Waals surface area contributed by atoms with E-state index in [9.17, 15) is 17.6 Å². The van der Waals surface area contributed by atoms with Crippen LogP contribution in [0.25, 0.3) is 0 Å². The number of halogens is 3. The highest BCUT2D eigenvalue weighted by Crippen LogP contribution is 2.37. The van der Waals surface area contributed by atoms with Crippen LogP contribution in [-0.2, 0) is 20.6 Å². The van der Waals surface area contributed by atoms with Crippen molar-refractivity contribution in [1.82, 2.24) is 5.32 Å². The maximum absolute atomic E-state index is 13.9. The van der Waals surface area contributed by atoms with E-state index in [0.29, 0.717) is 45.1 Å². The van der Waals surface area contributed by atoms with Gasteiger partial charge in [0.05, 0.1) is 17.1 Å². The Kier molecular flexibility index (Phi) is 8.11. The molecule has 1 amide bonds. The Morgan fingerprint density at radius 3 is 2.57 bits per heavy atom. The normalized spacial score (nSPS) is 15.3. The van der Waals surface area contributed by atoms with E-state index in [1.165, 1.54) is 46.4 Å². The first-order chi connectivity index (χ1) is 16.8. The molecule has 1 aliphatic rings. The molecule has 0 bridgehead atoms. The predicted octanol–water partition coefficient (Wildman–Crippen LogP) is 5.14. The van der Waals surface area contributed by atoms with E-state index in [4.69, 9.17) is 27.9 Å². The summed E-state index contributed by atoms with van der Waals surface area (Å²) in [5, 5.41) is 3.54. The SMILES string of the molecule is O=C(NCCSCc1c(F)cccc1Cl)C1CN(S(=O)(=O)c2ccc(Cl)cc2)c2ccccc2O1. The third kappa shape index (κ3) is 5.86. The van der Waals surface area contributed by atoms with Gasteiger partial charge in [0.1, 0.15) is 11.6 Å². The first-order valence-corrected chi connectivity index (χ1v) is 13.9. The molecule has 0 aromatic heterocycles. The van der Waals surface area contributed by atoms with Crippen LogP contribution in [0.1, 0.15) is 5.56 Å². The van der Waals surface area contributed by atoms with Crippen LogP contribution in [0.15, 0.2) is 71.6 Å². The van der Waals surface area contributed by atoms with Crippen LogP contribution in [0, 0.1) is 5.82 Å². The van der Waals surface area contributed by atoms with Gasteiger partial charge in [-0.25, -0.2) is 12.8 Å². The molecular weight excluding hydrogens is 534 g/mol. The van der Waals surface area contributed by atoms with Crippen molar-refractivity contribution in [3.8, 4) is 5.75 Å². The first-order valence-electron chi connectivity index (χ1n) is 10.6. The quantitative estimate of drug-likeness (QED) is 0.390. The number of carbonyl (C=O) groups is 1. The molecule has 1 unspecified atom stereocenters. The van der Waals surface area contributed by atoms with Crippen molar-refractivity contribution in [2.75, 3.05) is 23.1 Å². The topological polar surface area (TPSA) is 75.7 Å². The summed E-state index contributed by atoms with van der Waals surface area (Å²) in [6, 6.07) is 17.0. The number of hydrogen-bond acceptors (Lipinski definition) is 5. The van der Waals surface area contributed by atoms with E-state index in [0.717, 1.165) is 0 Å². The van der Waals surface area contributed by atoms with Gasteiger partial charge in [0, 0.05) is 33.7 Å². The molecule has 0 saturated heterocycles. The van der Waals surface area contributed by atoms with E-state index in [1.807, 2.05) is 0 Å². The van der Waals surface area contributed by atoms with Crippen LogP contribution in [0.5, 0.6) is 5.75 Å². The van der Waals surface area contributed by atoms with Crippen molar-refractivity contribution in [1.29, 1.82) is 0 Å². The number of sulfonamides is 1. The van der Waals surface area contributed by atoms with Crippen LogP contribution in [0.4, 0.5) is 10.1 Å². The number of para-hydroxylation sites is 2. The van der Waals surface area contributed by atoms with Gasteiger partial charge < -0.3 is 10.1 Å². The number of benzene rings is 3. The average Bonchev–Trinajstić information content (AvgIpc) is 2.84. The Morgan fingerprint density at radius 2 is 1.83 bits per heavy atom. The summed E-state index contributed by atoms with van der Waals surface area (Å²) < 4.78 is 47.6. The van der Waals surface area contributed by atoms with Gasteiger partial charge in [-0.3, -0.25) is 9.10 Å². The number of rotatable bonds is 8. The lowest BCUT2D eigenvalue weighted by atomic mass is 10.2. The van der Waals surface area contributed by atoms with Crippen molar-refractivity contribution in [3.63, 3.8) is 0 Å². The minimum Gasteiger partial charge on any atom is -0.476 e. The van der Waals surface area contributed by atoms with Gasteiger partial charge in [-0.1, -0.05) is 41.4 Å². The van der Waals surface area contributed by atoms with E-state index in [1.54, 1.807) is 36.4 Å². The Hall–Kier alpha value is -2.46. The third-order valence-corrected chi connectivity index (χ3v) is 8.67. The molecular formula is C24H21Cl2FN2O4S2. The van der Waals surface area contributed by atoms with E-state index in [2.05, 4.69) is 5.32 Å². The summed E-state index contributed by atoms with van der Waals surface area (Å²) in [4.78, 5) is 12.9. The highest BCUT2D eigenvalue weighted by Gasteiger charge is 2.37. The lowest BCUT2D eigenvalue weighted by molar-refractivity contribution is -0.127. The lowest BCUT2D eigenvalue weighted by Gasteiger charge is -2.34. The molecule has 1 atom stereocenters. The second-order valence-corrected chi connectivity index (χ2v) is 11.4. The molecule has 0 radical (unpaired) electrons. The zero-order chi connectivity index (χ0) is 25.0. The number of nitrogens with zero attached hydrogens (tertiary/aromatic N) is 1. The minimum absolute atomic E-state index is 0.0565. The van der Waals surface area contributed by atoms with Gasteiger partial charge in [-0.2, -0.15) is 11.8 Å². The fourth-order valence-electron chi connectivity index (χ4n) is 3.50. The Bertz CT molecular complexity index is 1300. The largest absolute Gasteiger partial charge is 0.476 e. The van der Waals surface area contributed by atoms with Crippen molar-refractivity contribution < 1.29 is 22.3 Å². The fourth-order valence-corrected chi connectivity index (χ4v) is 6.30. The highest BCUT2D eigenvalue weighted by atomic mass is 35.5. The molecule has 11 heteroatoms. The molecule has 3 aromatic carbocycles. The molecule has 35 heavy (non-hydrogen) atoms. The molecule has 4 rings (SSSR count). The third-order valence-electron chi connectivity index (χ3n) is 5.28. The van der Waals surface area contributed by atoms with Gasteiger partial charge in [-0.15, -0.1) is 0 Å². The molecule has 0 spiro atoms. The smallest absolute Gasteiger partial charge is 0.264 e. The van der Waals surface area contributed by atoms with Crippen molar-refractivity contribution in [2.24, 2.45) is 0 Å². The summed E-state index contributed by atoms with van der Waals surface area (Å²) in [5.41, 5.74) is 0.768. The van der Waals surface area contributed by atoms with Gasteiger partial charge in [0.25, 0.3) is 15.9 Å². The number of carbonyl (C=O) groups excluding carboxylic acids is 1. The molecule has 0 aliphatic carbocycles. The van der Waals surface area contributed by atoms with Crippen molar-refractivity contribution in [3.05, 3.63) is 88.2 Å². The highest BCUT2D eigenvalue weighted by molar-refractivity contribution is 7.98. The Morgan fingerprint density at radius 1 is 1.09 bits per heavy atom. The maximum Gasteiger partial charge on any atom is 0.264 e. The number of amides is 1. The Labute approximate surface area is 217 Å². The zero-order valence-corrected chi connectivity index (χ0v) is 21.4. The van der Waals surface area contributed by atoms with Gasteiger partial charge >= 0.3 is 0 Å². The molecule has 1 N–H and O–H groups in total. The van der Waals surface area contributed by atoms with Crippen LogP contribution in [-0.4, -0.2) is 39.3 Å². The number of anilines is 1. The van der Waals surface area contributed by atoms with Crippen LogP contribution in [0.3, 0.4) is 0 Å². The number of hydrogen-bond donors (Lipinski definition) is 1.